The van der Waals surface area contributed by atoms with E-state index in [0.29, 0.717) is 55.5 Å². The molecule has 0 spiro atoms. The summed E-state index contributed by atoms with van der Waals surface area (Å²) in [7, 11) is 1.57. The first-order valence-electron chi connectivity index (χ1n) is 9.43. The number of rotatable bonds is 5. The third-order valence-corrected chi connectivity index (χ3v) is 5.02. The Morgan fingerprint density at radius 3 is 2.60 bits per heavy atom. The highest BCUT2D eigenvalue weighted by Crippen LogP contribution is 2.17. The van der Waals surface area contributed by atoms with Gasteiger partial charge in [-0.05, 0) is 40.8 Å². The Balaban J connectivity index is 1.39. The van der Waals surface area contributed by atoms with Crippen LogP contribution in [0.4, 0.5) is 8.78 Å². The number of ether oxygens (including phenoxy) is 1. The summed E-state index contributed by atoms with van der Waals surface area (Å²) >= 11 is 0. The SMILES string of the molecule is COc1cccc(C(=O)N2CCN(Cc3nnnn3-c3ccc(F)c(F)c3)CC2)c1. The minimum atomic E-state index is -0.960. The second-order valence-electron chi connectivity index (χ2n) is 6.91. The smallest absolute Gasteiger partial charge is 0.254 e. The molecule has 156 valence electrons. The van der Waals surface area contributed by atoms with E-state index < -0.39 is 11.6 Å². The average molecular weight is 414 g/mol. The molecule has 0 atom stereocenters. The van der Waals surface area contributed by atoms with Crippen LogP contribution in [0.1, 0.15) is 16.2 Å². The molecule has 0 bridgehead atoms. The molecule has 3 aromatic rings. The van der Waals surface area contributed by atoms with Gasteiger partial charge in [-0.1, -0.05) is 6.07 Å². The Morgan fingerprint density at radius 2 is 1.87 bits per heavy atom. The van der Waals surface area contributed by atoms with Crippen LogP contribution in [-0.4, -0.2) is 69.2 Å². The largest absolute Gasteiger partial charge is 0.497 e. The number of amides is 1. The fourth-order valence-electron chi connectivity index (χ4n) is 3.37. The summed E-state index contributed by atoms with van der Waals surface area (Å²) < 4.78 is 33.3. The van der Waals surface area contributed by atoms with E-state index >= 15 is 0 Å². The molecular weight excluding hydrogens is 394 g/mol. The predicted octanol–water partition coefficient (Wildman–Crippen LogP) is 1.91. The average Bonchev–Trinajstić information content (AvgIpc) is 3.24. The van der Waals surface area contributed by atoms with Crippen LogP contribution in [-0.2, 0) is 6.54 Å². The maximum atomic E-state index is 13.6. The molecule has 0 unspecified atom stereocenters. The fraction of sp³-hybridized carbons (Fsp3) is 0.300. The molecular formula is C20H20F2N6O2. The summed E-state index contributed by atoms with van der Waals surface area (Å²) in [5.41, 5.74) is 0.936. The number of piperazine rings is 1. The van der Waals surface area contributed by atoms with Gasteiger partial charge in [0.2, 0.25) is 0 Å². The Bertz CT molecular complexity index is 1050. The first-order valence-corrected chi connectivity index (χ1v) is 9.43. The number of halogens is 2. The predicted molar refractivity (Wildman–Crippen MR) is 103 cm³/mol. The highest BCUT2D eigenvalue weighted by Gasteiger charge is 2.24. The summed E-state index contributed by atoms with van der Waals surface area (Å²) in [6.07, 6.45) is 0. The Hall–Kier alpha value is -3.40. The van der Waals surface area contributed by atoms with Crippen molar-refractivity contribution in [3.8, 4) is 11.4 Å². The van der Waals surface area contributed by atoms with Crippen molar-refractivity contribution in [3.63, 3.8) is 0 Å². The van der Waals surface area contributed by atoms with Crippen molar-refractivity contribution in [2.45, 2.75) is 6.54 Å². The molecule has 0 N–H and O–H groups in total. The normalized spacial score (nSPS) is 14.7. The lowest BCUT2D eigenvalue weighted by atomic mass is 10.1. The third kappa shape index (κ3) is 4.13. The highest BCUT2D eigenvalue weighted by molar-refractivity contribution is 5.94. The van der Waals surface area contributed by atoms with Crippen molar-refractivity contribution >= 4 is 5.91 Å². The number of methoxy groups -OCH3 is 1. The van der Waals surface area contributed by atoms with Gasteiger partial charge in [-0.2, -0.15) is 4.68 Å². The highest BCUT2D eigenvalue weighted by atomic mass is 19.2. The Kier molecular flexibility index (Phi) is 5.66. The van der Waals surface area contributed by atoms with Gasteiger partial charge in [-0.25, -0.2) is 8.78 Å². The van der Waals surface area contributed by atoms with Crippen LogP contribution < -0.4 is 4.74 Å². The minimum absolute atomic E-state index is 0.0415. The van der Waals surface area contributed by atoms with E-state index in [1.807, 2.05) is 0 Å². The van der Waals surface area contributed by atoms with Crippen LogP contribution in [0.5, 0.6) is 5.75 Å². The third-order valence-electron chi connectivity index (χ3n) is 5.02. The van der Waals surface area contributed by atoms with Gasteiger partial charge in [0.1, 0.15) is 5.75 Å². The zero-order valence-corrected chi connectivity index (χ0v) is 16.3. The summed E-state index contributed by atoms with van der Waals surface area (Å²) in [6, 6.07) is 10.6. The van der Waals surface area contributed by atoms with E-state index in [1.165, 1.54) is 10.7 Å². The number of benzene rings is 2. The van der Waals surface area contributed by atoms with E-state index in [1.54, 1.807) is 36.3 Å². The van der Waals surface area contributed by atoms with E-state index in [0.717, 1.165) is 12.1 Å². The van der Waals surface area contributed by atoms with Crippen LogP contribution in [0.2, 0.25) is 0 Å². The molecule has 2 aromatic carbocycles. The van der Waals surface area contributed by atoms with Crippen LogP contribution in [0, 0.1) is 11.6 Å². The lowest BCUT2D eigenvalue weighted by molar-refractivity contribution is 0.0624. The molecule has 0 radical (unpaired) electrons. The molecule has 8 nitrogen and oxygen atoms in total. The topological polar surface area (TPSA) is 76.4 Å². The van der Waals surface area contributed by atoms with E-state index in [2.05, 4.69) is 20.4 Å². The second kappa shape index (κ2) is 8.54. The summed E-state index contributed by atoms with van der Waals surface area (Å²) in [5, 5.41) is 11.6. The van der Waals surface area contributed by atoms with Gasteiger partial charge in [-0.3, -0.25) is 9.69 Å². The number of hydrogen-bond acceptors (Lipinski definition) is 6. The van der Waals surface area contributed by atoms with Crippen molar-refractivity contribution in [2.24, 2.45) is 0 Å². The number of aromatic nitrogens is 4. The monoisotopic (exact) mass is 414 g/mol. The maximum Gasteiger partial charge on any atom is 0.254 e. The van der Waals surface area contributed by atoms with Crippen molar-refractivity contribution in [1.29, 1.82) is 0 Å². The number of carbonyl (C=O) groups is 1. The number of hydrogen-bond donors (Lipinski definition) is 0. The van der Waals surface area contributed by atoms with Gasteiger partial charge in [-0.15, -0.1) is 5.10 Å². The number of tetrazole rings is 1. The standard InChI is InChI=1S/C20H20F2N6O2/c1-30-16-4-2-3-14(11-16)20(29)27-9-7-26(8-10-27)13-19-23-24-25-28(19)15-5-6-17(21)18(22)12-15/h2-6,11-12H,7-10,13H2,1H3. The van der Waals surface area contributed by atoms with Crippen LogP contribution in [0.15, 0.2) is 42.5 Å². The Morgan fingerprint density at radius 1 is 1.07 bits per heavy atom. The quantitative estimate of drug-likeness (QED) is 0.635. The molecule has 1 fully saturated rings. The zero-order chi connectivity index (χ0) is 21.1. The van der Waals surface area contributed by atoms with Crippen LogP contribution in [0.3, 0.4) is 0 Å². The lowest BCUT2D eigenvalue weighted by Crippen LogP contribution is -2.48. The van der Waals surface area contributed by atoms with Gasteiger partial charge >= 0.3 is 0 Å². The molecule has 1 aliphatic heterocycles. The first kappa shape index (κ1) is 19.9. The number of carbonyl (C=O) groups excluding carboxylic acids is 1. The van der Waals surface area contributed by atoms with E-state index in [9.17, 15) is 13.6 Å². The second-order valence-corrected chi connectivity index (χ2v) is 6.91. The molecule has 4 rings (SSSR count). The summed E-state index contributed by atoms with van der Waals surface area (Å²) in [6.45, 7) is 2.82. The summed E-state index contributed by atoms with van der Waals surface area (Å²) in [5.74, 6) is -0.777. The van der Waals surface area contributed by atoms with E-state index in [4.69, 9.17) is 4.74 Å². The molecule has 2 heterocycles. The van der Waals surface area contributed by atoms with Crippen LogP contribution >= 0.6 is 0 Å². The molecule has 0 aliphatic carbocycles. The minimum Gasteiger partial charge on any atom is -0.497 e. The van der Waals surface area contributed by atoms with Gasteiger partial charge in [0.15, 0.2) is 17.5 Å². The van der Waals surface area contributed by atoms with Crippen LogP contribution in [0.25, 0.3) is 5.69 Å². The zero-order valence-electron chi connectivity index (χ0n) is 16.3. The van der Waals surface area contributed by atoms with Crippen molar-refractivity contribution < 1.29 is 18.3 Å². The van der Waals surface area contributed by atoms with Gasteiger partial charge in [0.05, 0.1) is 19.3 Å². The molecule has 1 saturated heterocycles. The van der Waals surface area contributed by atoms with E-state index in [-0.39, 0.29) is 5.91 Å². The molecule has 1 amide bonds. The molecule has 1 aromatic heterocycles. The van der Waals surface area contributed by atoms with Crippen molar-refractivity contribution in [3.05, 3.63) is 65.5 Å². The van der Waals surface area contributed by atoms with Gasteiger partial charge in [0, 0.05) is 37.8 Å². The molecule has 0 saturated carbocycles. The molecule has 1 aliphatic rings. The van der Waals surface area contributed by atoms with Crippen molar-refractivity contribution in [1.82, 2.24) is 30.0 Å². The van der Waals surface area contributed by atoms with Gasteiger partial charge in [0.25, 0.3) is 5.91 Å². The Labute approximate surface area is 171 Å². The lowest BCUT2D eigenvalue weighted by Gasteiger charge is -2.34. The molecule has 30 heavy (non-hydrogen) atoms. The molecule has 10 heteroatoms. The fourth-order valence-corrected chi connectivity index (χ4v) is 3.37. The maximum absolute atomic E-state index is 13.6. The first-order chi connectivity index (χ1) is 14.5. The number of nitrogens with zero attached hydrogens (tertiary/aromatic N) is 6. The summed E-state index contributed by atoms with van der Waals surface area (Å²) in [4.78, 5) is 16.6. The van der Waals surface area contributed by atoms with Crippen molar-refractivity contribution in [2.75, 3.05) is 33.3 Å². The van der Waals surface area contributed by atoms with Gasteiger partial charge < -0.3 is 9.64 Å².